The number of piperazine rings is 1. The predicted octanol–water partition coefficient (Wildman–Crippen LogP) is 1.20. The van der Waals surface area contributed by atoms with E-state index < -0.39 is 17.6 Å². The molecule has 0 unspecified atom stereocenters. The van der Waals surface area contributed by atoms with E-state index in [4.69, 9.17) is 5.11 Å². The van der Waals surface area contributed by atoms with Crippen LogP contribution >= 0.6 is 0 Å². The average Bonchev–Trinajstić information content (AvgIpc) is 3.07. The average molecular weight is 364 g/mol. The van der Waals surface area contributed by atoms with Crippen LogP contribution in [-0.2, 0) is 17.9 Å². The van der Waals surface area contributed by atoms with E-state index in [-0.39, 0.29) is 19.0 Å². The Kier molecular flexibility index (Phi) is 5.27. The van der Waals surface area contributed by atoms with Crippen molar-refractivity contribution in [3.8, 4) is 0 Å². The summed E-state index contributed by atoms with van der Waals surface area (Å²) in [6, 6.07) is 4.11. The van der Waals surface area contributed by atoms with Crippen molar-refractivity contribution < 1.29 is 23.5 Å². The standard InChI is InChI=1S/C17H18F2N4O3/c18-14-3-1-2-12(16(14)19)9-21-4-6-22(7-5-21)17(26)13-8-20-23(10-13)11-15(24)25/h1-3,8,10H,4-7,9,11H2,(H,24,25). The number of amides is 1. The van der Waals surface area contributed by atoms with Gasteiger partial charge in [-0.15, -0.1) is 0 Å². The van der Waals surface area contributed by atoms with Crippen LogP contribution in [0.3, 0.4) is 0 Å². The zero-order valence-electron chi connectivity index (χ0n) is 13.9. The van der Waals surface area contributed by atoms with Gasteiger partial charge in [-0.25, -0.2) is 8.78 Å². The fourth-order valence-corrected chi connectivity index (χ4v) is 2.90. The number of benzene rings is 1. The molecule has 1 saturated heterocycles. The molecule has 7 nitrogen and oxygen atoms in total. The lowest BCUT2D eigenvalue weighted by atomic mass is 10.1. The summed E-state index contributed by atoms with van der Waals surface area (Å²) in [4.78, 5) is 26.7. The van der Waals surface area contributed by atoms with Gasteiger partial charge < -0.3 is 10.0 Å². The van der Waals surface area contributed by atoms with Gasteiger partial charge in [-0.05, 0) is 6.07 Å². The maximum atomic E-state index is 13.8. The monoisotopic (exact) mass is 364 g/mol. The highest BCUT2D eigenvalue weighted by Gasteiger charge is 2.24. The summed E-state index contributed by atoms with van der Waals surface area (Å²) in [5.74, 6) is -2.96. The van der Waals surface area contributed by atoms with Crippen LogP contribution in [0.15, 0.2) is 30.6 Å². The van der Waals surface area contributed by atoms with E-state index in [1.54, 1.807) is 11.0 Å². The number of hydrogen-bond donors (Lipinski definition) is 1. The fourth-order valence-electron chi connectivity index (χ4n) is 2.90. The van der Waals surface area contributed by atoms with Crippen LogP contribution in [0.2, 0.25) is 0 Å². The van der Waals surface area contributed by atoms with Gasteiger partial charge in [-0.3, -0.25) is 19.2 Å². The Hall–Kier alpha value is -2.81. The molecule has 1 amide bonds. The van der Waals surface area contributed by atoms with Crippen LogP contribution in [0.5, 0.6) is 0 Å². The van der Waals surface area contributed by atoms with Gasteiger partial charge in [0.15, 0.2) is 11.6 Å². The first-order valence-electron chi connectivity index (χ1n) is 8.13. The van der Waals surface area contributed by atoms with Crippen molar-refractivity contribution in [2.75, 3.05) is 26.2 Å². The van der Waals surface area contributed by atoms with Gasteiger partial charge in [-0.2, -0.15) is 5.10 Å². The number of carbonyl (C=O) groups excluding carboxylic acids is 1. The minimum atomic E-state index is -1.04. The van der Waals surface area contributed by atoms with E-state index in [2.05, 4.69) is 5.10 Å². The van der Waals surface area contributed by atoms with Gasteiger partial charge in [0.1, 0.15) is 6.54 Å². The lowest BCUT2D eigenvalue weighted by molar-refractivity contribution is -0.137. The van der Waals surface area contributed by atoms with Crippen LogP contribution in [0.25, 0.3) is 0 Å². The molecule has 1 N–H and O–H groups in total. The molecule has 1 aliphatic rings. The van der Waals surface area contributed by atoms with Gasteiger partial charge in [0.05, 0.1) is 11.8 Å². The number of halogens is 2. The van der Waals surface area contributed by atoms with Crippen LogP contribution in [-0.4, -0.2) is 62.7 Å². The molecule has 3 rings (SSSR count). The molecular weight excluding hydrogens is 346 g/mol. The van der Waals surface area contributed by atoms with Crippen molar-refractivity contribution in [3.05, 3.63) is 53.4 Å². The number of carboxylic acids is 1. The molecule has 2 heterocycles. The first kappa shape index (κ1) is 18.0. The largest absolute Gasteiger partial charge is 0.480 e. The Morgan fingerprint density at radius 1 is 1.15 bits per heavy atom. The minimum absolute atomic E-state index is 0.224. The zero-order chi connectivity index (χ0) is 18.7. The van der Waals surface area contributed by atoms with E-state index in [9.17, 15) is 18.4 Å². The van der Waals surface area contributed by atoms with E-state index in [1.165, 1.54) is 23.1 Å². The highest BCUT2D eigenvalue weighted by Crippen LogP contribution is 2.16. The first-order chi connectivity index (χ1) is 12.4. The predicted molar refractivity (Wildman–Crippen MR) is 87.4 cm³/mol. The summed E-state index contributed by atoms with van der Waals surface area (Å²) in [6.07, 6.45) is 2.75. The fraction of sp³-hybridized carbons (Fsp3) is 0.353. The molecule has 0 saturated carbocycles. The molecule has 1 aromatic carbocycles. The molecule has 0 atom stereocenters. The third-order valence-corrected chi connectivity index (χ3v) is 4.26. The quantitative estimate of drug-likeness (QED) is 0.863. The maximum Gasteiger partial charge on any atom is 0.325 e. The number of carboxylic acid groups (broad SMARTS) is 1. The van der Waals surface area contributed by atoms with Crippen molar-refractivity contribution in [1.29, 1.82) is 0 Å². The van der Waals surface area contributed by atoms with E-state index >= 15 is 0 Å². The molecule has 0 aliphatic carbocycles. The number of carbonyl (C=O) groups is 2. The topological polar surface area (TPSA) is 78.7 Å². The number of aromatic nitrogens is 2. The second-order valence-corrected chi connectivity index (χ2v) is 6.10. The van der Waals surface area contributed by atoms with Gasteiger partial charge in [0.2, 0.25) is 0 Å². The van der Waals surface area contributed by atoms with Crippen molar-refractivity contribution in [1.82, 2.24) is 19.6 Å². The molecule has 9 heteroatoms. The van der Waals surface area contributed by atoms with E-state index in [1.807, 2.05) is 4.90 Å². The highest BCUT2D eigenvalue weighted by atomic mass is 19.2. The normalized spacial score (nSPS) is 15.2. The second-order valence-electron chi connectivity index (χ2n) is 6.10. The third-order valence-electron chi connectivity index (χ3n) is 4.26. The molecule has 1 aliphatic heterocycles. The Balaban J connectivity index is 1.56. The molecule has 0 spiro atoms. The number of rotatable bonds is 5. The molecule has 2 aromatic rings. The van der Waals surface area contributed by atoms with Gasteiger partial charge in [0.25, 0.3) is 5.91 Å². The summed E-state index contributed by atoms with van der Waals surface area (Å²) in [6.45, 7) is 1.93. The lowest BCUT2D eigenvalue weighted by Crippen LogP contribution is -2.48. The molecule has 0 radical (unpaired) electrons. The van der Waals surface area contributed by atoms with Gasteiger partial charge >= 0.3 is 5.97 Å². The third kappa shape index (κ3) is 4.05. The van der Waals surface area contributed by atoms with Crippen LogP contribution in [0.1, 0.15) is 15.9 Å². The SMILES string of the molecule is O=C(O)Cn1cc(C(=O)N2CCN(Cc3cccc(F)c3F)CC2)cn1. The molecule has 1 aromatic heterocycles. The first-order valence-corrected chi connectivity index (χ1v) is 8.13. The summed E-state index contributed by atoms with van der Waals surface area (Å²) in [5, 5.41) is 12.6. The Bertz CT molecular complexity index is 816. The van der Waals surface area contributed by atoms with Crippen molar-refractivity contribution >= 4 is 11.9 Å². The van der Waals surface area contributed by atoms with Crippen molar-refractivity contribution in [2.24, 2.45) is 0 Å². The summed E-state index contributed by atoms with van der Waals surface area (Å²) in [7, 11) is 0. The zero-order valence-corrected chi connectivity index (χ0v) is 13.9. The molecular formula is C17H18F2N4O3. The maximum absolute atomic E-state index is 13.8. The summed E-state index contributed by atoms with van der Waals surface area (Å²) in [5.41, 5.74) is 0.621. The molecule has 138 valence electrons. The number of hydrogen-bond acceptors (Lipinski definition) is 4. The summed E-state index contributed by atoms with van der Waals surface area (Å²) >= 11 is 0. The Labute approximate surface area is 148 Å². The van der Waals surface area contributed by atoms with E-state index in [0.29, 0.717) is 37.3 Å². The van der Waals surface area contributed by atoms with Crippen LogP contribution in [0.4, 0.5) is 8.78 Å². The molecule has 1 fully saturated rings. The van der Waals surface area contributed by atoms with E-state index in [0.717, 1.165) is 6.07 Å². The number of nitrogens with zero attached hydrogens (tertiary/aromatic N) is 4. The van der Waals surface area contributed by atoms with Gasteiger partial charge in [-0.1, -0.05) is 12.1 Å². The van der Waals surface area contributed by atoms with Gasteiger partial charge in [0, 0.05) is 44.5 Å². The van der Waals surface area contributed by atoms with Crippen LogP contribution in [0, 0.1) is 11.6 Å². The smallest absolute Gasteiger partial charge is 0.325 e. The van der Waals surface area contributed by atoms with Crippen LogP contribution < -0.4 is 0 Å². The number of aliphatic carboxylic acids is 1. The lowest BCUT2D eigenvalue weighted by Gasteiger charge is -2.34. The highest BCUT2D eigenvalue weighted by molar-refractivity contribution is 5.93. The Morgan fingerprint density at radius 3 is 2.58 bits per heavy atom. The molecule has 26 heavy (non-hydrogen) atoms. The van der Waals surface area contributed by atoms with Crippen molar-refractivity contribution in [3.63, 3.8) is 0 Å². The summed E-state index contributed by atoms with van der Waals surface area (Å²) < 4.78 is 28.2. The minimum Gasteiger partial charge on any atom is -0.480 e. The second kappa shape index (κ2) is 7.61. The molecule has 0 bridgehead atoms. The Morgan fingerprint density at radius 2 is 1.88 bits per heavy atom. The van der Waals surface area contributed by atoms with Crippen molar-refractivity contribution in [2.45, 2.75) is 13.1 Å².